The Bertz CT molecular complexity index is 320. The number of rotatable bonds is 2. The van der Waals surface area contributed by atoms with Crippen LogP contribution in [0.3, 0.4) is 0 Å². The van der Waals surface area contributed by atoms with Gasteiger partial charge in [-0.1, -0.05) is 0 Å². The van der Waals surface area contributed by atoms with Crippen LogP contribution in [0.25, 0.3) is 0 Å². The fourth-order valence-corrected chi connectivity index (χ4v) is 2.65. The van der Waals surface area contributed by atoms with E-state index in [0.29, 0.717) is 12.0 Å². The van der Waals surface area contributed by atoms with E-state index in [-0.39, 0.29) is 0 Å². The maximum absolute atomic E-state index is 5.86. The van der Waals surface area contributed by atoms with Crippen molar-refractivity contribution in [3.63, 3.8) is 0 Å². The zero-order chi connectivity index (χ0) is 10.8. The minimum Gasteiger partial charge on any atom is -0.330 e. The molecule has 2 heterocycles. The number of likely N-dealkylation sites (tertiary alicyclic amines) is 1. The Labute approximate surface area is 91.1 Å². The molecule has 84 valence electrons. The summed E-state index contributed by atoms with van der Waals surface area (Å²) in [6.45, 7) is 1.92. The van der Waals surface area contributed by atoms with Crippen LogP contribution in [0.2, 0.25) is 0 Å². The average molecular weight is 208 g/mol. The lowest BCUT2D eigenvalue weighted by Gasteiger charge is -2.38. The van der Waals surface area contributed by atoms with Crippen LogP contribution in [0, 0.1) is 5.92 Å². The van der Waals surface area contributed by atoms with E-state index in [1.165, 1.54) is 18.5 Å². The molecular weight excluding hydrogens is 188 g/mol. The SMILES string of the molecule is CN1CCC[C@H](CN)[C@H]1c1ccnn1C. The van der Waals surface area contributed by atoms with Gasteiger partial charge in [-0.3, -0.25) is 9.58 Å². The van der Waals surface area contributed by atoms with E-state index in [1.807, 2.05) is 17.9 Å². The van der Waals surface area contributed by atoms with Crippen molar-refractivity contribution in [1.29, 1.82) is 0 Å². The summed E-state index contributed by atoms with van der Waals surface area (Å²) in [5, 5.41) is 4.24. The van der Waals surface area contributed by atoms with Crippen molar-refractivity contribution >= 4 is 0 Å². The molecule has 0 bridgehead atoms. The van der Waals surface area contributed by atoms with Crippen molar-refractivity contribution in [2.75, 3.05) is 20.1 Å². The lowest BCUT2D eigenvalue weighted by atomic mass is 9.87. The molecule has 0 radical (unpaired) electrons. The fourth-order valence-electron chi connectivity index (χ4n) is 2.65. The highest BCUT2D eigenvalue weighted by molar-refractivity contribution is 5.09. The number of hydrogen-bond donors (Lipinski definition) is 1. The maximum atomic E-state index is 5.86. The van der Waals surface area contributed by atoms with Crippen molar-refractivity contribution in [1.82, 2.24) is 14.7 Å². The predicted molar refractivity (Wildman–Crippen MR) is 60.4 cm³/mol. The van der Waals surface area contributed by atoms with E-state index in [0.717, 1.165) is 13.1 Å². The first-order valence-corrected chi connectivity index (χ1v) is 5.62. The lowest BCUT2D eigenvalue weighted by Crippen LogP contribution is -2.40. The van der Waals surface area contributed by atoms with E-state index in [1.54, 1.807) is 0 Å². The van der Waals surface area contributed by atoms with Crippen LogP contribution in [0.15, 0.2) is 12.3 Å². The highest BCUT2D eigenvalue weighted by Crippen LogP contribution is 2.33. The number of aromatic nitrogens is 2. The van der Waals surface area contributed by atoms with E-state index in [2.05, 4.69) is 23.1 Å². The molecule has 2 rings (SSSR count). The molecule has 4 nitrogen and oxygen atoms in total. The highest BCUT2D eigenvalue weighted by Gasteiger charge is 2.31. The molecule has 15 heavy (non-hydrogen) atoms. The van der Waals surface area contributed by atoms with Crippen LogP contribution in [-0.2, 0) is 7.05 Å². The topological polar surface area (TPSA) is 47.1 Å². The summed E-state index contributed by atoms with van der Waals surface area (Å²) in [5.41, 5.74) is 7.14. The van der Waals surface area contributed by atoms with Gasteiger partial charge in [0, 0.05) is 13.2 Å². The van der Waals surface area contributed by atoms with Gasteiger partial charge in [0.2, 0.25) is 0 Å². The minimum absolute atomic E-state index is 0.441. The molecule has 1 aliphatic rings. The third-order valence-electron chi connectivity index (χ3n) is 3.47. The summed E-state index contributed by atoms with van der Waals surface area (Å²) in [5.74, 6) is 0.569. The van der Waals surface area contributed by atoms with E-state index >= 15 is 0 Å². The van der Waals surface area contributed by atoms with Gasteiger partial charge in [-0.15, -0.1) is 0 Å². The summed E-state index contributed by atoms with van der Waals surface area (Å²) < 4.78 is 1.97. The summed E-state index contributed by atoms with van der Waals surface area (Å²) in [6, 6.07) is 2.55. The van der Waals surface area contributed by atoms with Crippen molar-refractivity contribution < 1.29 is 0 Å². The first-order chi connectivity index (χ1) is 7.24. The monoisotopic (exact) mass is 208 g/mol. The third kappa shape index (κ3) is 1.92. The van der Waals surface area contributed by atoms with Crippen LogP contribution in [0.1, 0.15) is 24.6 Å². The zero-order valence-electron chi connectivity index (χ0n) is 9.56. The molecule has 1 aromatic heterocycles. The van der Waals surface area contributed by atoms with Crippen molar-refractivity contribution in [3.8, 4) is 0 Å². The van der Waals surface area contributed by atoms with Gasteiger partial charge in [0.15, 0.2) is 0 Å². The van der Waals surface area contributed by atoms with E-state index in [9.17, 15) is 0 Å². The van der Waals surface area contributed by atoms with Crippen molar-refractivity contribution in [2.45, 2.75) is 18.9 Å². The van der Waals surface area contributed by atoms with Crippen LogP contribution < -0.4 is 5.73 Å². The minimum atomic E-state index is 0.441. The number of aryl methyl sites for hydroxylation is 1. The average Bonchev–Trinajstić information content (AvgIpc) is 2.64. The maximum Gasteiger partial charge on any atom is 0.0555 e. The van der Waals surface area contributed by atoms with Crippen LogP contribution >= 0.6 is 0 Å². The summed E-state index contributed by atoms with van der Waals surface area (Å²) in [7, 11) is 4.19. The van der Waals surface area contributed by atoms with E-state index < -0.39 is 0 Å². The molecule has 0 spiro atoms. The van der Waals surface area contributed by atoms with E-state index in [4.69, 9.17) is 5.73 Å². The Morgan fingerprint density at radius 3 is 2.93 bits per heavy atom. The number of nitrogens with two attached hydrogens (primary N) is 1. The molecule has 0 amide bonds. The second kappa shape index (κ2) is 4.33. The van der Waals surface area contributed by atoms with Crippen molar-refractivity contribution in [2.24, 2.45) is 18.7 Å². The molecule has 0 aliphatic carbocycles. The quantitative estimate of drug-likeness (QED) is 0.780. The molecule has 1 fully saturated rings. The lowest BCUT2D eigenvalue weighted by molar-refractivity contribution is 0.118. The molecule has 1 saturated heterocycles. The second-order valence-electron chi connectivity index (χ2n) is 4.44. The smallest absolute Gasteiger partial charge is 0.0555 e. The van der Waals surface area contributed by atoms with Gasteiger partial charge in [0.25, 0.3) is 0 Å². The Morgan fingerprint density at radius 2 is 2.33 bits per heavy atom. The predicted octanol–water partition coefficient (Wildman–Crippen LogP) is 0.762. The van der Waals surface area contributed by atoms with Gasteiger partial charge in [-0.25, -0.2) is 0 Å². The van der Waals surface area contributed by atoms with Crippen LogP contribution in [0.4, 0.5) is 0 Å². The summed E-state index contributed by atoms with van der Waals surface area (Å²) >= 11 is 0. The largest absolute Gasteiger partial charge is 0.330 e. The van der Waals surface area contributed by atoms with Crippen LogP contribution in [0.5, 0.6) is 0 Å². The Hall–Kier alpha value is -0.870. The molecule has 0 unspecified atom stereocenters. The first-order valence-electron chi connectivity index (χ1n) is 5.62. The molecule has 4 heteroatoms. The van der Waals surface area contributed by atoms with Gasteiger partial charge in [-0.2, -0.15) is 5.10 Å². The molecule has 0 saturated carbocycles. The van der Waals surface area contributed by atoms with Crippen molar-refractivity contribution in [3.05, 3.63) is 18.0 Å². The van der Waals surface area contributed by atoms with Gasteiger partial charge >= 0.3 is 0 Å². The molecular formula is C11H20N4. The fraction of sp³-hybridized carbons (Fsp3) is 0.727. The molecule has 1 aliphatic heterocycles. The second-order valence-corrected chi connectivity index (χ2v) is 4.44. The molecule has 2 N–H and O–H groups in total. The van der Waals surface area contributed by atoms with Gasteiger partial charge in [-0.05, 0) is 45.0 Å². The molecule has 2 atom stereocenters. The summed E-state index contributed by atoms with van der Waals surface area (Å²) in [4.78, 5) is 2.40. The van der Waals surface area contributed by atoms with Gasteiger partial charge in [0.1, 0.15) is 0 Å². The Morgan fingerprint density at radius 1 is 1.53 bits per heavy atom. The van der Waals surface area contributed by atoms with Gasteiger partial charge < -0.3 is 5.73 Å². The Balaban J connectivity index is 2.27. The number of hydrogen-bond acceptors (Lipinski definition) is 3. The normalized spacial score (nSPS) is 28.2. The number of piperidine rings is 1. The Kier molecular flexibility index (Phi) is 3.07. The zero-order valence-corrected chi connectivity index (χ0v) is 9.56. The molecule has 0 aromatic carbocycles. The standard InChI is InChI=1S/C11H20N4/c1-14-7-3-4-9(8-12)11(14)10-5-6-13-15(10)2/h5-6,9,11H,3-4,7-8,12H2,1-2H3/t9-,11+/m1/s1. The number of nitrogens with zero attached hydrogens (tertiary/aromatic N) is 3. The summed E-state index contributed by atoms with van der Waals surface area (Å²) in [6.07, 6.45) is 4.36. The highest BCUT2D eigenvalue weighted by atomic mass is 15.3. The van der Waals surface area contributed by atoms with Crippen LogP contribution in [-0.4, -0.2) is 34.8 Å². The molecule has 1 aromatic rings. The first kappa shape index (κ1) is 10.6. The third-order valence-corrected chi connectivity index (χ3v) is 3.47. The van der Waals surface area contributed by atoms with Gasteiger partial charge in [0.05, 0.1) is 11.7 Å².